The van der Waals surface area contributed by atoms with Crippen LogP contribution in [-0.2, 0) is 29.0 Å². The van der Waals surface area contributed by atoms with Crippen LogP contribution in [0.2, 0.25) is 0 Å². The van der Waals surface area contributed by atoms with Crippen LogP contribution in [0.1, 0.15) is 23.8 Å². The van der Waals surface area contributed by atoms with Crippen LogP contribution < -0.4 is 5.32 Å². The molecule has 2 aromatic rings. The highest BCUT2D eigenvalue weighted by Crippen LogP contribution is 2.13. The molecule has 0 radical (unpaired) electrons. The maximum Gasteiger partial charge on any atom is 0.225 e. The highest BCUT2D eigenvalue weighted by Gasteiger charge is 2.24. The fourth-order valence-electron chi connectivity index (χ4n) is 3.50. The van der Waals surface area contributed by atoms with Gasteiger partial charge in [-0.15, -0.1) is 10.2 Å². The lowest BCUT2D eigenvalue weighted by molar-refractivity contribution is -0.125. The molecule has 1 fully saturated rings. The number of nitrogens with zero attached hydrogens (tertiary/aromatic N) is 4. The first kappa shape index (κ1) is 17.9. The summed E-state index contributed by atoms with van der Waals surface area (Å²) >= 11 is 0. The summed E-state index contributed by atoms with van der Waals surface area (Å²) < 4.78 is 12.7. The molecule has 144 valence electrons. The third kappa shape index (κ3) is 4.45. The van der Waals surface area contributed by atoms with E-state index in [4.69, 9.17) is 9.15 Å². The summed E-state index contributed by atoms with van der Waals surface area (Å²) in [5.41, 5.74) is 0. The van der Waals surface area contributed by atoms with Crippen LogP contribution in [0.15, 0.2) is 28.9 Å². The Labute approximate surface area is 158 Å². The molecule has 1 atom stereocenters. The van der Waals surface area contributed by atoms with E-state index in [0.29, 0.717) is 19.8 Å². The van der Waals surface area contributed by atoms with Crippen LogP contribution in [0.4, 0.5) is 0 Å². The van der Waals surface area contributed by atoms with Crippen LogP contribution in [0.25, 0.3) is 6.08 Å². The summed E-state index contributed by atoms with van der Waals surface area (Å²) in [4.78, 5) is 14.6. The third-order valence-electron chi connectivity index (χ3n) is 5.11. The number of aromatic nitrogens is 3. The molecule has 0 bridgehead atoms. The normalized spacial score (nSPS) is 20.7. The second-order valence-electron chi connectivity index (χ2n) is 6.93. The molecule has 0 spiro atoms. The Morgan fingerprint density at radius 2 is 2.30 bits per heavy atom. The Bertz CT molecular complexity index is 777. The van der Waals surface area contributed by atoms with Gasteiger partial charge in [-0.25, -0.2) is 0 Å². The van der Waals surface area contributed by atoms with Gasteiger partial charge in [0.05, 0.1) is 25.3 Å². The van der Waals surface area contributed by atoms with E-state index in [1.54, 1.807) is 6.26 Å². The van der Waals surface area contributed by atoms with Gasteiger partial charge in [0.15, 0.2) is 5.82 Å². The molecule has 0 saturated carbocycles. The quantitative estimate of drug-likeness (QED) is 0.818. The molecule has 2 aliphatic rings. The van der Waals surface area contributed by atoms with E-state index in [0.717, 1.165) is 56.4 Å². The van der Waals surface area contributed by atoms with E-state index >= 15 is 0 Å². The predicted octanol–water partition coefficient (Wildman–Crippen LogP) is 1.10. The standard InChI is InChI=1S/C19H25N5O3/c25-19(15-6-12-26-14-15)20-13-18-22-21-17-5-8-23(9-10-24(17)18)7-1-3-16-4-2-11-27-16/h1-4,11,15H,5-10,12-14H2,(H,20,25). The molecular weight excluding hydrogens is 346 g/mol. The van der Waals surface area contributed by atoms with E-state index in [-0.39, 0.29) is 11.8 Å². The fourth-order valence-corrected chi connectivity index (χ4v) is 3.50. The molecule has 1 N–H and O–H groups in total. The van der Waals surface area contributed by atoms with Crippen LogP contribution in [-0.4, -0.2) is 58.4 Å². The minimum absolute atomic E-state index is 0.0343. The lowest BCUT2D eigenvalue weighted by Crippen LogP contribution is -2.32. The smallest absolute Gasteiger partial charge is 0.225 e. The number of rotatable bonds is 6. The molecule has 8 heteroatoms. The highest BCUT2D eigenvalue weighted by atomic mass is 16.5. The molecular formula is C19H25N5O3. The molecule has 8 nitrogen and oxygen atoms in total. The molecule has 1 unspecified atom stereocenters. The summed E-state index contributed by atoms with van der Waals surface area (Å²) in [7, 11) is 0. The molecule has 1 saturated heterocycles. The average molecular weight is 371 g/mol. The molecule has 0 aliphatic carbocycles. The summed E-state index contributed by atoms with van der Waals surface area (Å²) in [6.45, 7) is 5.16. The van der Waals surface area contributed by atoms with Crippen molar-refractivity contribution in [1.82, 2.24) is 25.0 Å². The summed E-state index contributed by atoms with van der Waals surface area (Å²) in [6.07, 6.45) is 7.45. The minimum atomic E-state index is -0.0343. The van der Waals surface area contributed by atoms with Gasteiger partial charge in [-0.1, -0.05) is 6.08 Å². The predicted molar refractivity (Wildman–Crippen MR) is 98.7 cm³/mol. The fraction of sp³-hybridized carbons (Fsp3) is 0.526. The average Bonchev–Trinajstić information content (AvgIpc) is 3.42. The number of hydrogen-bond acceptors (Lipinski definition) is 6. The topological polar surface area (TPSA) is 85.4 Å². The number of hydrogen-bond donors (Lipinski definition) is 1. The van der Waals surface area contributed by atoms with Gasteiger partial charge in [0.25, 0.3) is 0 Å². The van der Waals surface area contributed by atoms with Gasteiger partial charge >= 0.3 is 0 Å². The maximum atomic E-state index is 12.2. The van der Waals surface area contributed by atoms with Gasteiger partial charge in [-0.05, 0) is 24.6 Å². The minimum Gasteiger partial charge on any atom is -0.465 e. The molecule has 27 heavy (non-hydrogen) atoms. The van der Waals surface area contributed by atoms with Gasteiger partial charge in [0.2, 0.25) is 5.91 Å². The first-order valence-corrected chi connectivity index (χ1v) is 9.48. The number of ether oxygens (including phenoxy) is 1. The summed E-state index contributed by atoms with van der Waals surface area (Å²) in [5, 5.41) is 11.6. The first-order chi connectivity index (χ1) is 13.3. The molecule has 2 aliphatic heterocycles. The zero-order chi connectivity index (χ0) is 18.5. The van der Waals surface area contributed by atoms with Crippen molar-refractivity contribution in [2.24, 2.45) is 5.92 Å². The first-order valence-electron chi connectivity index (χ1n) is 9.48. The monoisotopic (exact) mass is 371 g/mol. The van der Waals surface area contributed by atoms with Gasteiger partial charge in [-0.2, -0.15) is 0 Å². The number of carbonyl (C=O) groups excluding carboxylic acids is 1. The van der Waals surface area contributed by atoms with Crippen LogP contribution in [0.3, 0.4) is 0 Å². The molecule has 0 aromatic carbocycles. The summed E-state index contributed by atoms with van der Waals surface area (Å²) in [6, 6.07) is 3.83. The SMILES string of the molecule is O=C(NCc1nnc2n1CCN(CC=Cc1ccco1)CC2)C1CCOC1. The molecule has 2 aromatic heterocycles. The Kier molecular flexibility index (Phi) is 5.64. The third-order valence-corrected chi connectivity index (χ3v) is 5.11. The van der Waals surface area contributed by atoms with Crippen molar-refractivity contribution in [3.63, 3.8) is 0 Å². The number of carbonyl (C=O) groups is 1. The van der Waals surface area contributed by atoms with Crippen molar-refractivity contribution in [3.05, 3.63) is 41.9 Å². The van der Waals surface area contributed by atoms with Crippen molar-refractivity contribution >= 4 is 12.0 Å². The van der Waals surface area contributed by atoms with E-state index < -0.39 is 0 Å². The van der Waals surface area contributed by atoms with E-state index in [1.165, 1.54) is 0 Å². The van der Waals surface area contributed by atoms with Crippen molar-refractivity contribution in [2.75, 3.05) is 32.8 Å². The molecule has 4 heterocycles. The number of nitrogens with one attached hydrogen (secondary N) is 1. The highest BCUT2D eigenvalue weighted by molar-refractivity contribution is 5.78. The largest absolute Gasteiger partial charge is 0.465 e. The van der Waals surface area contributed by atoms with Crippen LogP contribution in [0.5, 0.6) is 0 Å². The van der Waals surface area contributed by atoms with E-state index in [2.05, 4.69) is 31.1 Å². The zero-order valence-electron chi connectivity index (χ0n) is 15.3. The Hall–Kier alpha value is -2.45. The van der Waals surface area contributed by atoms with Crippen molar-refractivity contribution < 1.29 is 13.9 Å². The second kappa shape index (κ2) is 8.49. The Morgan fingerprint density at radius 3 is 3.11 bits per heavy atom. The Balaban J connectivity index is 1.29. The zero-order valence-corrected chi connectivity index (χ0v) is 15.3. The lowest BCUT2D eigenvalue weighted by Gasteiger charge is -2.17. The number of furan rings is 1. The van der Waals surface area contributed by atoms with Gasteiger partial charge in [0, 0.05) is 39.2 Å². The second-order valence-corrected chi connectivity index (χ2v) is 6.93. The number of amides is 1. The van der Waals surface area contributed by atoms with Gasteiger partial charge in [-0.3, -0.25) is 9.69 Å². The van der Waals surface area contributed by atoms with Crippen molar-refractivity contribution in [1.29, 1.82) is 0 Å². The van der Waals surface area contributed by atoms with Crippen molar-refractivity contribution in [2.45, 2.75) is 25.9 Å². The summed E-state index contributed by atoms with van der Waals surface area (Å²) in [5.74, 6) is 2.69. The van der Waals surface area contributed by atoms with Gasteiger partial charge < -0.3 is 19.0 Å². The van der Waals surface area contributed by atoms with Crippen LogP contribution in [0, 0.1) is 5.92 Å². The van der Waals surface area contributed by atoms with Crippen LogP contribution >= 0.6 is 0 Å². The molecule has 1 amide bonds. The Morgan fingerprint density at radius 1 is 1.33 bits per heavy atom. The maximum absolute atomic E-state index is 12.2. The van der Waals surface area contributed by atoms with E-state index in [9.17, 15) is 4.79 Å². The van der Waals surface area contributed by atoms with E-state index in [1.807, 2.05) is 18.2 Å². The van der Waals surface area contributed by atoms with Gasteiger partial charge in [0.1, 0.15) is 11.6 Å². The molecule has 4 rings (SSSR count). The number of fused-ring (bicyclic) bond motifs is 1. The lowest BCUT2D eigenvalue weighted by atomic mass is 10.1. The van der Waals surface area contributed by atoms with Crippen molar-refractivity contribution in [3.8, 4) is 0 Å².